The van der Waals surface area contributed by atoms with Crippen LogP contribution in [0.3, 0.4) is 0 Å². The van der Waals surface area contributed by atoms with Crippen molar-refractivity contribution in [2.24, 2.45) is 0 Å². The van der Waals surface area contributed by atoms with E-state index in [9.17, 15) is 5.11 Å². The summed E-state index contributed by atoms with van der Waals surface area (Å²) >= 11 is 12.2. The molecule has 3 nitrogen and oxygen atoms in total. The molecule has 1 aromatic carbocycles. The third kappa shape index (κ3) is 4.07. The number of halogens is 2. The molecule has 1 N–H and O–H groups in total. The third-order valence-corrected chi connectivity index (χ3v) is 4.32. The van der Waals surface area contributed by atoms with E-state index in [1.54, 1.807) is 6.07 Å². The number of aliphatic hydroxyl groups is 1. The molecule has 5 heteroatoms. The van der Waals surface area contributed by atoms with E-state index in [1.165, 1.54) is 0 Å². The minimum Gasteiger partial charge on any atom is -0.388 e. The van der Waals surface area contributed by atoms with Crippen LogP contribution in [0.2, 0.25) is 10.0 Å². The van der Waals surface area contributed by atoms with E-state index in [2.05, 4.69) is 4.90 Å². The second kappa shape index (κ2) is 6.42. The Kier molecular flexibility index (Phi) is 5.09. The Labute approximate surface area is 124 Å². The van der Waals surface area contributed by atoms with Crippen molar-refractivity contribution in [2.45, 2.75) is 25.0 Å². The number of hydrogen-bond donors (Lipinski definition) is 1. The van der Waals surface area contributed by atoms with E-state index in [1.807, 2.05) is 19.2 Å². The van der Waals surface area contributed by atoms with E-state index >= 15 is 0 Å². The molecule has 1 aliphatic rings. The highest BCUT2D eigenvalue weighted by atomic mass is 35.5. The Hall–Kier alpha value is -0.320. The lowest BCUT2D eigenvalue weighted by Gasteiger charge is -2.35. The zero-order valence-electron chi connectivity index (χ0n) is 11.0. The first-order chi connectivity index (χ1) is 9.00. The Morgan fingerprint density at radius 2 is 2.00 bits per heavy atom. The van der Waals surface area contributed by atoms with Crippen molar-refractivity contribution in [3.8, 4) is 0 Å². The second-order valence-corrected chi connectivity index (χ2v) is 6.01. The maximum atomic E-state index is 10.5. The highest BCUT2D eigenvalue weighted by Crippen LogP contribution is 2.27. The molecule has 0 atom stereocenters. The van der Waals surface area contributed by atoms with Gasteiger partial charge in [0.25, 0.3) is 0 Å². The van der Waals surface area contributed by atoms with Crippen molar-refractivity contribution < 1.29 is 9.84 Å². The molecular weight excluding hydrogens is 285 g/mol. The number of likely N-dealkylation sites (N-methyl/N-ethyl adjacent to an activating group) is 1. The summed E-state index contributed by atoms with van der Waals surface area (Å²) in [6.45, 7) is 2.53. The van der Waals surface area contributed by atoms with Crippen LogP contribution in [0.5, 0.6) is 0 Å². The second-order valence-electron chi connectivity index (χ2n) is 5.22. The lowest BCUT2D eigenvalue weighted by Crippen LogP contribution is -2.45. The zero-order chi connectivity index (χ0) is 13.9. The molecule has 0 saturated carbocycles. The molecule has 1 fully saturated rings. The van der Waals surface area contributed by atoms with Crippen molar-refractivity contribution in [3.05, 3.63) is 33.8 Å². The predicted octanol–water partition coefficient (Wildman–Crippen LogP) is 2.97. The molecule has 1 saturated heterocycles. The topological polar surface area (TPSA) is 32.7 Å². The maximum absolute atomic E-state index is 10.5. The minimum absolute atomic E-state index is 0.567. The van der Waals surface area contributed by atoms with Crippen LogP contribution in [-0.2, 0) is 11.3 Å². The lowest BCUT2D eigenvalue weighted by atomic mass is 9.94. The normalized spacial score (nSPS) is 18.8. The summed E-state index contributed by atoms with van der Waals surface area (Å²) in [5, 5.41) is 11.6. The average molecular weight is 304 g/mol. The Bertz CT molecular complexity index is 433. The lowest BCUT2D eigenvalue weighted by molar-refractivity contribution is -0.0777. The summed E-state index contributed by atoms with van der Waals surface area (Å²) in [7, 11) is 1.98. The van der Waals surface area contributed by atoms with Crippen LogP contribution in [0, 0.1) is 0 Å². The van der Waals surface area contributed by atoms with Crippen molar-refractivity contribution in [3.63, 3.8) is 0 Å². The van der Waals surface area contributed by atoms with Crippen molar-refractivity contribution in [2.75, 3.05) is 26.8 Å². The van der Waals surface area contributed by atoms with E-state index in [4.69, 9.17) is 27.9 Å². The fourth-order valence-corrected chi connectivity index (χ4v) is 2.81. The smallest absolute Gasteiger partial charge is 0.0817 e. The van der Waals surface area contributed by atoms with E-state index < -0.39 is 5.60 Å². The van der Waals surface area contributed by atoms with Gasteiger partial charge < -0.3 is 9.84 Å². The maximum Gasteiger partial charge on any atom is 0.0817 e. The van der Waals surface area contributed by atoms with Gasteiger partial charge in [0, 0.05) is 39.1 Å². The van der Waals surface area contributed by atoms with Crippen LogP contribution in [0.25, 0.3) is 0 Å². The van der Waals surface area contributed by atoms with Crippen LogP contribution in [0.1, 0.15) is 18.4 Å². The van der Waals surface area contributed by atoms with Gasteiger partial charge >= 0.3 is 0 Å². The highest BCUT2D eigenvalue weighted by molar-refractivity contribution is 6.42. The van der Waals surface area contributed by atoms with Gasteiger partial charge in [-0.05, 0) is 18.7 Å². The van der Waals surface area contributed by atoms with Gasteiger partial charge in [0.2, 0.25) is 0 Å². The molecule has 106 valence electrons. The molecule has 19 heavy (non-hydrogen) atoms. The van der Waals surface area contributed by atoms with Gasteiger partial charge in [0.1, 0.15) is 0 Å². The van der Waals surface area contributed by atoms with Crippen LogP contribution < -0.4 is 0 Å². The van der Waals surface area contributed by atoms with Gasteiger partial charge in [-0.1, -0.05) is 35.3 Å². The quantitative estimate of drug-likeness (QED) is 0.928. The van der Waals surface area contributed by atoms with Crippen LogP contribution in [0.4, 0.5) is 0 Å². The Morgan fingerprint density at radius 1 is 1.32 bits per heavy atom. The molecule has 1 aromatic rings. The first-order valence-electron chi connectivity index (χ1n) is 6.42. The van der Waals surface area contributed by atoms with Gasteiger partial charge in [-0.15, -0.1) is 0 Å². The van der Waals surface area contributed by atoms with Gasteiger partial charge in [0.05, 0.1) is 15.6 Å². The molecule has 0 aliphatic carbocycles. The molecule has 1 aliphatic heterocycles. The van der Waals surface area contributed by atoms with Gasteiger partial charge in [0.15, 0.2) is 0 Å². The van der Waals surface area contributed by atoms with Crippen LogP contribution >= 0.6 is 23.2 Å². The van der Waals surface area contributed by atoms with Gasteiger partial charge in [-0.2, -0.15) is 0 Å². The SMILES string of the molecule is CN(Cc1cccc(Cl)c1Cl)CC1(O)CCOCC1. The zero-order valence-corrected chi connectivity index (χ0v) is 12.5. The van der Waals surface area contributed by atoms with Crippen molar-refractivity contribution in [1.82, 2.24) is 4.90 Å². The first-order valence-corrected chi connectivity index (χ1v) is 7.17. The molecule has 1 heterocycles. The molecule has 2 rings (SSSR count). The summed E-state index contributed by atoms with van der Waals surface area (Å²) in [5.41, 5.74) is 0.324. The first kappa shape index (κ1) is 15.1. The molecule has 0 unspecified atom stereocenters. The van der Waals surface area contributed by atoms with E-state index in [0.717, 1.165) is 5.56 Å². The molecule has 0 radical (unpaired) electrons. The number of nitrogens with zero attached hydrogens (tertiary/aromatic N) is 1. The summed E-state index contributed by atoms with van der Waals surface area (Å²) in [6.07, 6.45) is 1.36. The van der Waals surface area contributed by atoms with E-state index in [0.29, 0.717) is 49.2 Å². The summed E-state index contributed by atoms with van der Waals surface area (Å²) in [5.74, 6) is 0. The van der Waals surface area contributed by atoms with E-state index in [-0.39, 0.29) is 0 Å². The molecule has 0 aromatic heterocycles. The third-order valence-electron chi connectivity index (χ3n) is 3.46. The largest absolute Gasteiger partial charge is 0.388 e. The van der Waals surface area contributed by atoms with Crippen LogP contribution in [0.15, 0.2) is 18.2 Å². The minimum atomic E-state index is -0.655. The standard InChI is InChI=1S/C14H19Cl2NO2/c1-17(10-14(18)5-7-19-8-6-14)9-11-3-2-4-12(15)13(11)16/h2-4,18H,5-10H2,1H3. The fraction of sp³-hybridized carbons (Fsp3) is 0.571. The summed E-state index contributed by atoms with van der Waals surface area (Å²) in [4.78, 5) is 2.07. The average Bonchev–Trinajstić information content (AvgIpc) is 2.35. The van der Waals surface area contributed by atoms with Crippen molar-refractivity contribution >= 4 is 23.2 Å². The summed E-state index contributed by atoms with van der Waals surface area (Å²) < 4.78 is 5.28. The van der Waals surface area contributed by atoms with Crippen molar-refractivity contribution in [1.29, 1.82) is 0 Å². The van der Waals surface area contributed by atoms with Crippen LogP contribution in [-0.4, -0.2) is 42.4 Å². The number of hydrogen-bond acceptors (Lipinski definition) is 3. The van der Waals surface area contributed by atoms with Gasteiger partial charge in [-0.3, -0.25) is 4.90 Å². The predicted molar refractivity (Wildman–Crippen MR) is 77.8 cm³/mol. The Balaban J connectivity index is 1.97. The summed E-state index contributed by atoms with van der Waals surface area (Å²) in [6, 6.07) is 5.62. The number of benzene rings is 1. The fourth-order valence-electron chi connectivity index (χ4n) is 2.43. The Morgan fingerprint density at radius 3 is 2.68 bits per heavy atom. The molecule has 0 amide bonds. The highest BCUT2D eigenvalue weighted by Gasteiger charge is 2.31. The number of rotatable bonds is 4. The monoisotopic (exact) mass is 303 g/mol. The molecule has 0 bridgehead atoms. The number of ether oxygens (including phenoxy) is 1. The molecule has 0 spiro atoms. The van der Waals surface area contributed by atoms with Gasteiger partial charge in [-0.25, -0.2) is 0 Å². The molecular formula is C14H19Cl2NO2.